The maximum atomic E-state index is 12.9. The van der Waals surface area contributed by atoms with E-state index in [1.54, 1.807) is 14.2 Å². The molecule has 2 heterocycles. The summed E-state index contributed by atoms with van der Waals surface area (Å²) < 4.78 is 50.4. The zero-order valence-electron chi connectivity index (χ0n) is 16.6. The number of hydrogen-bond donors (Lipinski definition) is 1. The van der Waals surface area contributed by atoms with Crippen LogP contribution in [0.1, 0.15) is 17.5 Å². The number of nitrogens with one attached hydrogen (secondary N) is 1. The van der Waals surface area contributed by atoms with Crippen LogP contribution in [0.5, 0.6) is 11.5 Å². The van der Waals surface area contributed by atoms with E-state index in [9.17, 15) is 13.2 Å². The molecule has 0 radical (unpaired) electrons. The third kappa shape index (κ3) is 4.32. The number of rotatable bonds is 6. The number of ether oxygens (including phenoxy) is 2. The highest BCUT2D eigenvalue weighted by molar-refractivity contribution is 7.22. The molecule has 9 heteroatoms. The van der Waals surface area contributed by atoms with E-state index in [1.165, 1.54) is 17.4 Å². The number of likely N-dealkylation sites (tertiary alicyclic amines) is 1. The molecular formula is C21H22F3N3O2S. The summed E-state index contributed by atoms with van der Waals surface area (Å²) in [6.45, 7) is 2.38. The normalized spacial score (nSPS) is 17.4. The van der Waals surface area contributed by atoms with Gasteiger partial charge >= 0.3 is 6.18 Å². The summed E-state index contributed by atoms with van der Waals surface area (Å²) in [7, 11) is 3.29. The third-order valence-corrected chi connectivity index (χ3v) is 6.19. The second-order valence-corrected chi connectivity index (χ2v) is 8.24. The van der Waals surface area contributed by atoms with Gasteiger partial charge in [-0.3, -0.25) is 4.90 Å². The van der Waals surface area contributed by atoms with E-state index >= 15 is 0 Å². The molecule has 0 aliphatic carbocycles. The molecular weight excluding hydrogens is 415 g/mol. The summed E-state index contributed by atoms with van der Waals surface area (Å²) in [5, 5.41) is 4.03. The van der Waals surface area contributed by atoms with Gasteiger partial charge in [0.25, 0.3) is 0 Å². The molecule has 0 spiro atoms. The molecule has 0 unspecified atom stereocenters. The van der Waals surface area contributed by atoms with E-state index in [-0.39, 0.29) is 6.04 Å². The van der Waals surface area contributed by atoms with Crippen molar-refractivity contribution in [2.75, 3.05) is 32.6 Å². The van der Waals surface area contributed by atoms with Crippen molar-refractivity contribution in [3.05, 3.63) is 47.5 Å². The Morgan fingerprint density at radius 2 is 1.90 bits per heavy atom. The lowest BCUT2D eigenvalue weighted by Gasteiger charge is -2.20. The Morgan fingerprint density at radius 3 is 2.57 bits per heavy atom. The molecule has 0 saturated carbocycles. The van der Waals surface area contributed by atoms with Crippen LogP contribution in [0.4, 0.5) is 18.3 Å². The summed E-state index contributed by atoms with van der Waals surface area (Å²) in [6, 6.07) is 9.59. The van der Waals surface area contributed by atoms with E-state index in [0.29, 0.717) is 17.2 Å². The van der Waals surface area contributed by atoms with Crippen molar-refractivity contribution >= 4 is 26.7 Å². The van der Waals surface area contributed by atoms with E-state index in [2.05, 4.69) is 15.2 Å². The van der Waals surface area contributed by atoms with Gasteiger partial charge in [-0.2, -0.15) is 13.2 Å². The largest absolute Gasteiger partial charge is 0.496 e. The molecule has 0 bridgehead atoms. The smallest absolute Gasteiger partial charge is 0.416 e. The second kappa shape index (κ2) is 8.31. The summed E-state index contributed by atoms with van der Waals surface area (Å²) in [4.78, 5) is 6.66. The standard InChI is InChI=1S/C21H22F3N3O2S/c1-28-17-4-3-5-18(29-2)15(17)12-27-9-8-14(11-27)25-20-26-16-10-13(21(22,23)24)6-7-19(16)30-20/h3-7,10,14H,8-9,11-12H2,1-2H3,(H,25,26)/t14-/m1/s1. The monoisotopic (exact) mass is 437 g/mol. The van der Waals surface area contributed by atoms with Gasteiger partial charge in [-0.25, -0.2) is 4.98 Å². The average molecular weight is 437 g/mol. The first kappa shape index (κ1) is 20.7. The van der Waals surface area contributed by atoms with Gasteiger partial charge in [0.05, 0.1) is 35.6 Å². The Hall–Kier alpha value is -2.52. The lowest BCUT2D eigenvalue weighted by atomic mass is 10.1. The zero-order chi connectivity index (χ0) is 21.3. The molecule has 1 aliphatic heterocycles. The van der Waals surface area contributed by atoms with Gasteiger partial charge in [-0.15, -0.1) is 0 Å². The van der Waals surface area contributed by atoms with Crippen molar-refractivity contribution in [1.82, 2.24) is 9.88 Å². The summed E-state index contributed by atoms with van der Waals surface area (Å²) in [6.07, 6.45) is -3.45. The Labute approximate surface area is 176 Å². The molecule has 5 nitrogen and oxygen atoms in total. The molecule has 1 atom stereocenters. The minimum Gasteiger partial charge on any atom is -0.496 e. The number of methoxy groups -OCH3 is 2. The molecule has 1 aromatic heterocycles. The predicted octanol–water partition coefficient (Wildman–Crippen LogP) is 5.02. The first-order valence-electron chi connectivity index (χ1n) is 9.54. The second-order valence-electron chi connectivity index (χ2n) is 7.21. The van der Waals surface area contributed by atoms with Gasteiger partial charge in [0, 0.05) is 25.7 Å². The van der Waals surface area contributed by atoms with Crippen molar-refractivity contribution in [1.29, 1.82) is 0 Å². The van der Waals surface area contributed by atoms with E-state index in [1.807, 2.05) is 18.2 Å². The fourth-order valence-electron chi connectivity index (χ4n) is 3.74. The van der Waals surface area contributed by atoms with Crippen LogP contribution in [-0.2, 0) is 12.7 Å². The van der Waals surface area contributed by atoms with Gasteiger partial charge in [-0.05, 0) is 36.8 Å². The first-order chi connectivity index (χ1) is 14.4. The number of fused-ring (bicyclic) bond motifs is 1. The predicted molar refractivity (Wildman–Crippen MR) is 111 cm³/mol. The highest BCUT2D eigenvalue weighted by Gasteiger charge is 2.31. The van der Waals surface area contributed by atoms with Gasteiger partial charge < -0.3 is 14.8 Å². The van der Waals surface area contributed by atoms with Crippen LogP contribution in [0, 0.1) is 0 Å². The highest BCUT2D eigenvalue weighted by atomic mass is 32.1. The maximum absolute atomic E-state index is 12.9. The lowest BCUT2D eigenvalue weighted by molar-refractivity contribution is -0.137. The Kier molecular flexibility index (Phi) is 5.75. The van der Waals surface area contributed by atoms with Crippen molar-refractivity contribution in [3.8, 4) is 11.5 Å². The molecule has 30 heavy (non-hydrogen) atoms. The van der Waals surface area contributed by atoms with Crippen molar-refractivity contribution < 1.29 is 22.6 Å². The number of halogens is 3. The number of hydrogen-bond acceptors (Lipinski definition) is 6. The number of nitrogens with zero attached hydrogens (tertiary/aromatic N) is 2. The topological polar surface area (TPSA) is 46.6 Å². The fraction of sp³-hybridized carbons (Fsp3) is 0.381. The number of thiazole rings is 1. The number of benzene rings is 2. The SMILES string of the molecule is COc1cccc(OC)c1CN1CC[C@@H](Nc2nc3cc(C(F)(F)F)ccc3s2)C1. The first-order valence-corrected chi connectivity index (χ1v) is 10.4. The molecule has 1 saturated heterocycles. The van der Waals surface area contributed by atoms with E-state index in [4.69, 9.17) is 9.47 Å². The fourth-order valence-corrected chi connectivity index (χ4v) is 4.66. The van der Waals surface area contributed by atoms with Crippen LogP contribution in [-0.4, -0.2) is 43.2 Å². The number of aromatic nitrogens is 1. The quantitative estimate of drug-likeness (QED) is 0.587. The summed E-state index contributed by atoms with van der Waals surface area (Å²) >= 11 is 1.37. The Bertz CT molecular complexity index is 1020. The Morgan fingerprint density at radius 1 is 1.17 bits per heavy atom. The Balaban J connectivity index is 1.43. The lowest BCUT2D eigenvalue weighted by Crippen LogP contribution is -2.26. The van der Waals surface area contributed by atoms with Crippen LogP contribution >= 0.6 is 11.3 Å². The van der Waals surface area contributed by atoms with Crippen molar-refractivity contribution in [2.24, 2.45) is 0 Å². The van der Waals surface area contributed by atoms with Crippen molar-refractivity contribution in [3.63, 3.8) is 0 Å². The molecule has 4 rings (SSSR count). The molecule has 2 aromatic carbocycles. The van der Waals surface area contributed by atoms with E-state index < -0.39 is 11.7 Å². The molecule has 1 fully saturated rings. The van der Waals surface area contributed by atoms with Gasteiger partial charge in [0.1, 0.15) is 11.5 Å². The number of anilines is 1. The van der Waals surface area contributed by atoms with E-state index in [0.717, 1.165) is 53.4 Å². The molecule has 3 aromatic rings. The molecule has 1 aliphatic rings. The van der Waals surface area contributed by atoms with Gasteiger partial charge in [0.15, 0.2) is 5.13 Å². The van der Waals surface area contributed by atoms with Gasteiger partial charge in [0.2, 0.25) is 0 Å². The average Bonchev–Trinajstić information content (AvgIpc) is 3.33. The number of alkyl halides is 3. The minimum atomic E-state index is -4.36. The summed E-state index contributed by atoms with van der Waals surface area (Å²) in [5.74, 6) is 1.58. The van der Waals surface area contributed by atoms with Gasteiger partial charge in [-0.1, -0.05) is 17.4 Å². The van der Waals surface area contributed by atoms with Crippen LogP contribution in [0.2, 0.25) is 0 Å². The van der Waals surface area contributed by atoms with Crippen LogP contribution in [0.25, 0.3) is 10.2 Å². The molecule has 160 valence electrons. The van der Waals surface area contributed by atoms with Crippen LogP contribution < -0.4 is 14.8 Å². The van der Waals surface area contributed by atoms with Crippen LogP contribution in [0.3, 0.4) is 0 Å². The van der Waals surface area contributed by atoms with Crippen LogP contribution in [0.15, 0.2) is 36.4 Å². The molecule has 1 N–H and O–H groups in total. The zero-order valence-corrected chi connectivity index (χ0v) is 17.4. The molecule has 0 amide bonds. The van der Waals surface area contributed by atoms with Crippen molar-refractivity contribution in [2.45, 2.75) is 25.2 Å². The highest BCUT2D eigenvalue weighted by Crippen LogP contribution is 2.35. The minimum absolute atomic E-state index is 0.174. The third-order valence-electron chi connectivity index (χ3n) is 5.23. The maximum Gasteiger partial charge on any atom is 0.416 e. The summed E-state index contributed by atoms with van der Waals surface area (Å²) in [5.41, 5.74) is 0.693.